The van der Waals surface area contributed by atoms with E-state index in [1.54, 1.807) is 47.2 Å². The molecule has 5 heterocycles. The molecule has 4 aromatic heterocycles. The van der Waals surface area contributed by atoms with Gasteiger partial charge in [0.25, 0.3) is 5.92 Å². The van der Waals surface area contributed by atoms with Crippen molar-refractivity contribution in [3.8, 4) is 11.5 Å². The van der Waals surface area contributed by atoms with Crippen LogP contribution in [0, 0.1) is 6.92 Å². The van der Waals surface area contributed by atoms with Crippen LogP contribution in [0.25, 0.3) is 11.2 Å². The van der Waals surface area contributed by atoms with E-state index >= 15 is 8.78 Å². The zero-order chi connectivity index (χ0) is 26.4. The summed E-state index contributed by atoms with van der Waals surface area (Å²) >= 11 is 0. The molecule has 1 atom stereocenters. The number of fused-ring (bicyclic) bond motifs is 2. The number of aryl methyl sites for hydroxylation is 1. The second-order valence-electron chi connectivity index (χ2n) is 9.11. The number of ether oxygens (including phenoxy) is 1. The maximum atomic E-state index is 15.1. The molecular weight excluding hydrogens is 498 g/mol. The Morgan fingerprint density at radius 3 is 2.68 bits per heavy atom. The van der Waals surface area contributed by atoms with Crippen molar-refractivity contribution in [2.75, 3.05) is 18.4 Å². The number of hydrogen-bond donors (Lipinski definition) is 2. The number of amides is 1. The van der Waals surface area contributed by atoms with Crippen LogP contribution in [-0.4, -0.2) is 64.3 Å². The summed E-state index contributed by atoms with van der Waals surface area (Å²) in [5.41, 5.74) is 2.96. The summed E-state index contributed by atoms with van der Waals surface area (Å²) < 4.78 is 39.3. The molecule has 1 aliphatic heterocycles. The zero-order valence-corrected chi connectivity index (χ0v) is 20.1. The number of benzene rings is 1. The van der Waals surface area contributed by atoms with Gasteiger partial charge in [-0.05, 0) is 54.8 Å². The molecule has 0 bridgehead atoms. The average Bonchev–Trinajstić information content (AvgIpc) is 3.52. The molecule has 1 aliphatic rings. The van der Waals surface area contributed by atoms with Gasteiger partial charge in [-0.15, -0.1) is 0 Å². The van der Waals surface area contributed by atoms with E-state index in [-0.39, 0.29) is 13.0 Å². The number of pyridine rings is 1. The number of halogens is 2. The Morgan fingerprint density at radius 2 is 1.89 bits per heavy atom. The van der Waals surface area contributed by atoms with Crippen LogP contribution in [0.15, 0.2) is 61.4 Å². The van der Waals surface area contributed by atoms with Gasteiger partial charge in [0.1, 0.15) is 29.7 Å². The van der Waals surface area contributed by atoms with E-state index in [9.17, 15) is 4.79 Å². The van der Waals surface area contributed by atoms with Gasteiger partial charge in [-0.25, -0.2) is 32.6 Å². The fourth-order valence-corrected chi connectivity index (χ4v) is 4.80. The van der Waals surface area contributed by atoms with Gasteiger partial charge >= 0.3 is 6.09 Å². The Hall–Kier alpha value is -4.81. The van der Waals surface area contributed by atoms with Crippen molar-refractivity contribution in [2.24, 2.45) is 0 Å². The monoisotopic (exact) mass is 520 g/mol. The maximum Gasteiger partial charge on any atom is 0.407 e. The van der Waals surface area contributed by atoms with E-state index in [4.69, 9.17) is 9.84 Å². The molecule has 1 unspecified atom stereocenters. The quantitative estimate of drug-likeness (QED) is 0.341. The largest absolute Gasteiger partial charge is 0.465 e. The highest BCUT2D eigenvalue weighted by atomic mass is 19.3. The number of carbonyl (C=O) groups is 1. The molecule has 194 valence electrons. The SMILES string of the molecule is Cc1cc(Nc2ncnn3ccc(C4CCN(C(=O)O)CC4(F)F)c23)ccc1Oc1ccn2ncnc2c1. The molecule has 0 radical (unpaired) electrons. The third kappa shape index (κ3) is 4.21. The molecule has 1 amide bonds. The second-order valence-corrected chi connectivity index (χ2v) is 9.11. The second kappa shape index (κ2) is 8.94. The van der Waals surface area contributed by atoms with E-state index in [1.807, 2.05) is 13.0 Å². The number of alkyl halides is 2. The minimum Gasteiger partial charge on any atom is -0.465 e. The first-order valence-corrected chi connectivity index (χ1v) is 11.8. The van der Waals surface area contributed by atoms with Gasteiger partial charge in [-0.3, -0.25) is 0 Å². The summed E-state index contributed by atoms with van der Waals surface area (Å²) in [5, 5.41) is 20.6. The average molecular weight is 521 g/mol. The van der Waals surface area contributed by atoms with Gasteiger partial charge in [-0.2, -0.15) is 10.2 Å². The summed E-state index contributed by atoms with van der Waals surface area (Å²) in [6.07, 6.45) is 4.80. The molecule has 38 heavy (non-hydrogen) atoms. The highest BCUT2D eigenvalue weighted by Crippen LogP contribution is 2.43. The number of piperidine rings is 1. The van der Waals surface area contributed by atoms with Crippen molar-refractivity contribution in [3.63, 3.8) is 0 Å². The van der Waals surface area contributed by atoms with Crippen LogP contribution in [0.1, 0.15) is 23.5 Å². The van der Waals surface area contributed by atoms with Crippen LogP contribution >= 0.6 is 0 Å². The first kappa shape index (κ1) is 23.6. The number of nitrogens with zero attached hydrogens (tertiary/aromatic N) is 7. The Morgan fingerprint density at radius 1 is 1.11 bits per heavy atom. The number of aromatic nitrogens is 6. The van der Waals surface area contributed by atoms with E-state index in [1.165, 1.54) is 17.2 Å². The highest BCUT2D eigenvalue weighted by molar-refractivity contribution is 5.78. The minimum absolute atomic E-state index is 0.0148. The normalized spacial score (nSPS) is 17.1. The molecule has 0 saturated carbocycles. The zero-order valence-electron chi connectivity index (χ0n) is 20.1. The van der Waals surface area contributed by atoms with Crippen molar-refractivity contribution in [1.82, 2.24) is 34.1 Å². The van der Waals surface area contributed by atoms with Crippen LogP contribution in [0.3, 0.4) is 0 Å². The lowest BCUT2D eigenvalue weighted by molar-refractivity contribution is -0.0757. The predicted molar refractivity (Wildman–Crippen MR) is 132 cm³/mol. The summed E-state index contributed by atoms with van der Waals surface area (Å²) in [5.74, 6) is -2.80. The predicted octanol–water partition coefficient (Wildman–Crippen LogP) is 4.72. The molecule has 1 aromatic carbocycles. The summed E-state index contributed by atoms with van der Waals surface area (Å²) in [4.78, 5) is 20.5. The summed E-state index contributed by atoms with van der Waals surface area (Å²) in [7, 11) is 0. The number of likely N-dealkylation sites (tertiary alicyclic amines) is 1. The van der Waals surface area contributed by atoms with Crippen LogP contribution in [0.2, 0.25) is 0 Å². The van der Waals surface area contributed by atoms with Gasteiger partial charge < -0.3 is 20.1 Å². The van der Waals surface area contributed by atoms with E-state index in [0.29, 0.717) is 39.7 Å². The van der Waals surface area contributed by atoms with Crippen molar-refractivity contribution >= 4 is 28.8 Å². The Bertz CT molecular complexity index is 1670. The van der Waals surface area contributed by atoms with Crippen LogP contribution in [0.4, 0.5) is 25.1 Å². The van der Waals surface area contributed by atoms with Gasteiger partial charge in [0.05, 0.1) is 12.5 Å². The van der Waals surface area contributed by atoms with Crippen LogP contribution in [0.5, 0.6) is 11.5 Å². The lowest BCUT2D eigenvalue weighted by Crippen LogP contribution is -2.49. The molecule has 0 spiro atoms. The molecule has 0 aliphatic carbocycles. The summed E-state index contributed by atoms with van der Waals surface area (Å²) in [6, 6.07) is 10.6. The summed E-state index contributed by atoms with van der Waals surface area (Å²) in [6.45, 7) is 1.06. The number of nitrogens with one attached hydrogen (secondary N) is 1. The molecule has 1 saturated heterocycles. The molecule has 11 nitrogen and oxygen atoms in total. The first-order chi connectivity index (χ1) is 18.3. The third-order valence-electron chi connectivity index (χ3n) is 6.65. The lowest BCUT2D eigenvalue weighted by Gasteiger charge is -2.37. The fourth-order valence-electron chi connectivity index (χ4n) is 4.80. The molecule has 5 aromatic rings. The van der Waals surface area contributed by atoms with E-state index < -0.39 is 24.5 Å². The van der Waals surface area contributed by atoms with Crippen molar-refractivity contribution in [3.05, 3.63) is 72.6 Å². The molecule has 2 N–H and O–H groups in total. The van der Waals surface area contributed by atoms with Gasteiger partial charge in [0.15, 0.2) is 11.5 Å². The minimum atomic E-state index is -3.24. The number of carboxylic acid groups (broad SMARTS) is 1. The highest BCUT2D eigenvalue weighted by Gasteiger charge is 2.47. The van der Waals surface area contributed by atoms with Crippen molar-refractivity contribution < 1.29 is 23.4 Å². The van der Waals surface area contributed by atoms with E-state index in [0.717, 1.165) is 10.5 Å². The molecule has 13 heteroatoms. The van der Waals surface area contributed by atoms with E-state index in [2.05, 4.69) is 25.5 Å². The molecule has 6 rings (SSSR count). The van der Waals surface area contributed by atoms with Crippen LogP contribution in [-0.2, 0) is 0 Å². The van der Waals surface area contributed by atoms with Gasteiger partial charge in [0.2, 0.25) is 0 Å². The number of rotatable bonds is 5. The third-order valence-corrected chi connectivity index (χ3v) is 6.65. The Balaban J connectivity index is 1.27. The standard InChI is InChI=1S/C25H22F2N8O3/c1-15-10-16(2-3-20(15)38-17-4-8-34-21(11-17)28-13-30-34)32-23-22-18(5-9-35(22)31-14-29-23)19-6-7-33(24(36)37)12-25(19,26)27/h2-5,8-11,13-14,19H,6-7,12H2,1H3,(H,36,37)(H,29,31,32). The Kier molecular flexibility index (Phi) is 5.55. The smallest absolute Gasteiger partial charge is 0.407 e. The molecule has 1 fully saturated rings. The number of hydrogen-bond acceptors (Lipinski definition) is 7. The van der Waals surface area contributed by atoms with Crippen LogP contribution < -0.4 is 10.1 Å². The number of anilines is 2. The lowest BCUT2D eigenvalue weighted by atomic mass is 9.86. The topological polar surface area (TPSA) is 122 Å². The van der Waals surface area contributed by atoms with Gasteiger partial charge in [-0.1, -0.05) is 0 Å². The van der Waals surface area contributed by atoms with Crippen molar-refractivity contribution in [2.45, 2.75) is 25.2 Å². The molecular formula is C25H22F2N8O3. The van der Waals surface area contributed by atoms with Crippen molar-refractivity contribution in [1.29, 1.82) is 0 Å². The first-order valence-electron chi connectivity index (χ1n) is 11.8. The maximum absolute atomic E-state index is 15.1. The fraction of sp³-hybridized carbons (Fsp3) is 0.240. The van der Waals surface area contributed by atoms with Gasteiger partial charge in [0, 0.05) is 30.7 Å². The Labute approximate surface area is 214 Å².